The Hall–Kier alpha value is -2.41. The van der Waals surface area contributed by atoms with Crippen LogP contribution in [0.1, 0.15) is 16.7 Å². The average molecular weight is 256 g/mol. The number of pyridine rings is 1. The van der Waals surface area contributed by atoms with Crippen molar-refractivity contribution >= 4 is 0 Å². The fraction of sp³-hybridized carbons (Fsp3) is 0.105. The number of nitrogens with zero attached hydrogens (tertiary/aromatic N) is 1. The molecule has 3 aromatic rings. The van der Waals surface area contributed by atoms with Gasteiger partial charge in [0.1, 0.15) is 0 Å². The van der Waals surface area contributed by atoms with E-state index in [2.05, 4.69) is 65.4 Å². The minimum Gasteiger partial charge on any atom is -0.194 e. The SMILES string of the molecule is c1ccc2c(c1)Cc1c-2ccc2c1C[n+]1ccccc1-2. The van der Waals surface area contributed by atoms with Gasteiger partial charge in [0.15, 0.2) is 12.7 Å². The van der Waals surface area contributed by atoms with Crippen LogP contribution in [0.15, 0.2) is 60.8 Å². The van der Waals surface area contributed by atoms with Crippen molar-refractivity contribution in [2.45, 2.75) is 13.0 Å². The molecule has 2 aliphatic rings. The van der Waals surface area contributed by atoms with E-state index in [1.165, 1.54) is 39.1 Å². The van der Waals surface area contributed by atoms with E-state index >= 15 is 0 Å². The highest BCUT2D eigenvalue weighted by molar-refractivity contribution is 5.82. The Bertz CT molecular complexity index is 789. The zero-order chi connectivity index (χ0) is 13.1. The maximum Gasteiger partial charge on any atom is 0.213 e. The van der Waals surface area contributed by atoms with Gasteiger partial charge in [-0.05, 0) is 40.8 Å². The van der Waals surface area contributed by atoms with Crippen molar-refractivity contribution in [3.8, 4) is 22.4 Å². The fourth-order valence-corrected chi connectivity index (χ4v) is 3.72. The van der Waals surface area contributed by atoms with E-state index in [1.54, 1.807) is 0 Å². The molecule has 0 saturated carbocycles. The second-order valence-electron chi connectivity index (χ2n) is 5.67. The lowest BCUT2D eigenvalue weighted by Gasteiger charge is -2.03. The summed E-state index contributed by atoms with van der Waals surface area (Å²) >= 11 is 0. The van der Waals surface area contributed by atoms with Crippen LogP contribution in [-0.2, 0) is 13.0 Å². The molecule has 1 aliphatic heterocycles. The van der Waals surface area contributed by atoms with Gasteiger partial charge in [0.2, 0.25) is 5.69 Å². The Morgan fingerprint density at radius 1 is 0.700 bits per heavy atom. The van der Waals surface area contributed by atoms with Gasteiger partial charge in [-0.15, -0.1) is 0 Å². The number of hydrogen-bond donors (Lipinski definition) is 0. The molecule has 5 rings (SSSR count). The second kappa shape index (κ2) is 3.57. The van der Waals surface area contributed by atoms with E-state index < -0.39 is 0 Å². The first kappa shape index (κ1) is 10.4. The van der Waals surface area contributed by atoms with Crippen LogP contribution in [0.3, 0.4) is 0 Å². The fourth-order valence-electron chi connectivity index (χ4n) is 3.72. The molecule has 0 atom stereocenters. The van der Waals surface area contributed by atoms with Crippen LogP contribution < -0.4 is 4.57 Å². The summed E-state index contributed by atoms with van der Waals surface area (Å²) in [6.07, 6.45) is 3.27. The smallest absolute Gasteiger partial charge is 0.194 e. The van der Waals surface area contributed by atoms with Crippen LogP contribution in [0.25, 0.3) is 22.4 Å². The van der Waals surface area contributed by atoms with Gasteiger partial charge in [0.25, 0.3) is 0 Å². The zero-order valence-electron chi connectivity index (χ0n) is 11.1. The quantitative estimate of drug-likeness (QED) is 0.373. The van der Waals surface area contributed by atoms with Crippen molar-refractivity contribution in [1.29, 1.82) is 0 Å². The Balaban J connectivity index is 1.78. The molecule has 0 fully saturated rings. The molecule has 20 heavy (non-hydrogen) atoms. The van der Waals surface area contributed by atoms with Gasteiger partial charge in [-0.2, -0.15) is 4.57 Å². The largest absolute Gasteiger partial charge is 0.213 e. The highest BCUT2D eigenvalue weighted by Crippen LogP contribution is 2.42. The van der Waals surface area contributed by atoms with Crippen molar-refractivity contribution in [1.82, 2.24) is 0 Å². The number of aromatic nitrogens is 1. The van der Waals surface area contributed by atoms with Gasteiger partial charge in [0, 0.05) is 17.7 Å². The third-order valence-electron chi connectivity index (χ3n) is 4.65. The minimum atomic E-state index is 1.02. The monoisotopic (exact) mass is 256 g/mol. The summed E-state index contributed by atoms with van der Waals surface area (Å²) in [7, 11) is 0. The molecule has 2 heterocycles. The molecule has 0 amide bonds. The van der Waals surface area contributed by atoms with Crippen LogP contribution in [0.2, 0.25) is 0 Å². The third kappa shape index (κ3) is 1.20. The Kier molecular flexibility index (Phi) is 1.86. The molecule has 2 aromatic carbocycles. The first-order valence-corrected chi connectivity index (χ1v) is 7.14. The number of benzene rings is 2. The summed E-state index contributed by atoms with van der Waals surface area (Å²) in [5.74, 6) is 0. The first-order valence-electron chi connectivity index (χ1n) is 7.14. The topological polar surface area (TPSA) is 3.88 Å². The van der Waals surface area contributed by atoms with Gasteiger partial charge in [-0.3, -0.25) is 0 Å². The van der Waals surface area contributed by atoms with Gasteiger partial charge >= 0.3 is 0 Å². The maximum atomic E-state index is 2.36. The van der Waals surface area contributed by atoms with Crippen LogP contribution in [-0.4, -0.2) is 0 Å². The Labute approximate surface area is 118 Å². The van der Waals surface area contributed by atoms with Crippen molar-refractivity contribution in [2.75, 3.05) is 0 Å². The average Bonchev–Trinajstić information content (AvgIpc) is 3.05. The highest BCUT2D eigenvalue weighted by Gasteiger charge is 2.31. The number of hydrogen-bond acceptors (Lipinski definition) is 0. The zero-order valence-corrected chi connectivity index (χ0v) is 11.1. The molecule has 0 radical (unpaired) electrons. The van der Waals surface area contributed by atoms with E-state index in [4.69, 9.17) is 0 Å². The molecule has 0 N–H and O–H groups in total. The van der Waals surface area contributed by atoms with Gasteiger partial charge < -0.3 is 0 Å². The molecular formula is C19H14N+. The summed E-state index contributed by atoms with van der Waals surface area (Å²) in [4.78, 5) is 0. The van der Waals surface area contributed by atoms with E-state index in [0.717, 1.165) is 13.0 Å². The van der Waals surface area contributed by atoms with E-state index in [1.807, 2.05) is 0 Å². The molecule has 0 spiro atoms. The molecule has 1 aromatic heterocycles. The van der Waals surface area contributed by atoms with Crippen molar-refractivity contribution in [3.05, 3.63) is 77.5 Å². The molecule has 1 heteroatoms. The second-order valence-corrected chi connectivity index (χ2v) is 5.67. The molecule has 0 saturated heterocycles. The number of rotatable bonds is 0. The lowest BCUT2D eigenvalue weighted by atomic mass is 9.96. The van der Waals surface area contributed by atoms with Gasteiger partial charge in [0.05, 0.1) is 5.56 Å². The molecule has 1 nitrogen and oxygen atoms in total. The highest BCUT2D eigenvalue weighted by atomic mass is 15.0. The Morgan fingerprint density at radius 2 is 1.55 bits per heavy atom. The molecule has 0 unspecified atom stereocenters. The van der Waals surface area contributed by atoms with Gasteiger partial charge in [-0.1, -0.05) is 30.3 Å². The van der Waals surface area contributed by atoms with E-state index in [-0.39, 0.29) is 0 Å². The molecule has 94 valence electrons. The summed E-state index contributed by atoms with van der Waals surface area (Å²) in [5, 5.41) is 0. The number of fused-ring (bicyclic) bond motifs is 7. The van der Waals surface area contributed by atoms with E-state index in [9.17, 15) is 0 Å². The minimum absolute atomic E-state index is 1.02. The van der Waals surface area contributed by atoms with Crippen LogP contribution in [0, 0.1) is 0 Å². The predicted molar refractivity (Wildman–Crippen MR) is 79.4 cm³/mol. The third-order valence-corrected chi connectivity index (χ3v) is 4.65. The van der Waals surface area contributed by atoms with Crippen molar-refractivity contribution in [3.63, 3.8) is 0 Å². The summed E-state index contributed by atoms with van der Waals surface area (Å²) < 4.78 is 2.36. The summed E-state index contributed by atoms with van der Waals surface area (Å²) in [6, 6.07) is 19.9. The molecule has 1 aliphatic carbocycles. The lowest BCUT2D eigenvalue weighted by Crippen LogP contribution is -2.31. The maximum absolute atomic E-state index is 2.36. The van der Waals surface area contributed by atoms with Crippen LogP contribution >= 0.6 is 0 Å². The van der Waals surface area contributed by atoms with Crippen molar-refractivity contribution < 1.29 is 4.57 Å². The summed E-state index contributed by atoms with van der Waals surface area (Å²) in [5.41, 5.74) is 10.1. The molecule has 0 bridgehead atoms. The molecular weight excluding hydrogens is 242 g/mol. The predicted octanol–water partition coefficient (Wildman–Crippen LogP) is 3.57. The first-order chi connectivity index (χ1) is 9.92. The van der Waals surface area contributed by atoms with Gasteiger partial charge in [-0.25, -0.2) is 0 Å². The Morgan fingerprint density at radius 3 is 2.55 bits per heavy atom. The lowest BCUT2D eigenvalue weighted by molar-refractivity contribution is -0.672. The van der Waals surface area contributed by atoms with Crippen LogP contribution in [0.4, 0.5) is 0 Å². The van der Waals surface area contributed by atoms with Crippen molar-refractivity contribution in [2.24, 2.45) is 0 Å². The summed E-state index contributed by atoms with van der Waals surface area (Å²) in [6.45, 7) is 1.02. The van der Waals surface area contributed by atoms with Crippen LogP contribution in [0.5, 0.6) is 0 Å². The normalized spacial score (nSPS) is 13.6. The standard InChI is InChI=1S/C19H14N/c1-2-6-14-13(5-1)11-17-15(14)8-9-16-18(17)12-20-10-4-3-7-19(16)20/h1-10H,11-12H2/q+1. The van der Waals surface area contributed by atoms with E-state index in [0.29, 0.717) is 0 Å².